The third-order valence-corrected chi connectivity index (χ3v) is 2.70. The van der Waals surface area contributed by atoms with E-state index in [0.29, 0.717) is 17.8 Å². The molecular formula is C11H16N2OS. The molecular weight excluding hydrogens is 208 g/mol. The van der Waals surface area contributed by atoms with Gasteiger partial charge in [-0.05, 0) is 36.9 Å². The third kappa shape index (κ3) is 3.47. The Labute approximate surface area is 94.4 Å². The van der Waals surface area contributed by atoms with Crippen LogP contribution >= 0.6 is 11.8 Å². The number of hydrogen-bond donors (Lipinski definition) is 2. The van der Waals surface area contributed by atoms with E-state index in [1.54, 1.807) is 23.9 Å². The van der Waals surface area contributed by atoms with E-state index < -0.39 is 0 Å². The van der Waals surface area contributed by atoms with E-state index in [-0.39, 0.29) is 5.91 Å². The van der Waals surface area contributed by atoms with E-state index in [1.165, 1.54) is 0 Å². The summed E-state index contributed by atoms with van der Waals surface area (Å²) in [5.41, 5.74) is 7.92. The molecule has 82 valence electrons. The molecule has 0 saturated heterocycles. The van der Waals surface area contributed by atoms with Crippen LogP contribution in [0, 0.1) is 6.92 Å². The molecule has 1 rings (SSSR count). The van der Waals surface area contributed by atoms with Gasteiger partial charge in [0.25, 0.3) is 5.91 Å². The minimum absolute atomic E-state index is 0.0263. The molecule has 4 heteroatoms. The van der Waals surface area contributed by atoms with Crippen LogP contribution in [0.2, 0.25) is 0 Å². The van der Waals surface area contributed by atoms with Crippen molar-refractivity contribution in [2.45, 2.75) is 6.92 Å². The molecule has 0 saturated carbocycles. The number of rotatable bonds is 4. The molecule has 1 amide bonds. The van der Waals surface area contributed by atoms with Gasteiger partial charge in [0, 0.05) is 23.5 Å². The van der Waals surface area contributed by atoms with Gasteiger partial charge in [-0.2, -0.15) is 11.8 Å². The van der Waals surface area contributed by atoms with Crippen molar-refractivity contribution in [3.8, 4) is 0 Å². The van der Waals surface area contributed by atoms with Gasteiger partial charge in [-0.3, -0.25) is 4.79 Å². The fraction of sp³-hybridized carbons (Fsp3) is 0.364. The molecule has 3 nitrogen and oxygen atoms in total. The first-order valence-corrected chi connectivity index (χ1v) is 6.18. The summed E-state index contributed by atoms with van der Waals surface area (Å²) >= 11 is 1.71. The molecule has 0 bridgehead atoms. The zero-order valence-corrected chi connectivity index (χ0v) is 9.86. The Morgan fingerprint density at radius 2 is 2.27 bits per heavy atom. The van der Waals surface area contributed by atoms with Gasteiger partial charge in [-0.25, -0.2) is 0 Å². The van der Waals surface area contributed by atoms with Crippen LogP contribution in [0.3, 0.4) is 0 Å². The van der Waals surface area contributed by atoms with Crippen molar-refractivity contribution < 1.29 is 4.79 Å². The maximum atomic E-state index is 11.7. The lowest BCUT2D eigenvalue weighted by molar-refractivity contribution is 0.0955. The van der Waals surface area contributed by atoms with Crippen LogP contribution in [-0.4, -0.2) is 24.5 Å². The zero-order valence-electron chi connectivity index (χ0n) is 9.04. The van der Waals surface area contributed by atoms with Crippen LogP contribution in [0.5, 0.6) is 0 Å². The predicted octanol–water partition coefficient (Wildman–Crippen LogP) is 1.67. The SMILES string of the molecule is CSCCNC(=O)c1ccc(N)cc1C. The molecule has 0 unspecified atom stereocenters. The van der Waals surface area contributed by atoms with Crippen molar-refractivity contribution >= 4 is 23.4 Å². The van der Waals surface area contributed by atoms with Crippen molar-refractivity contribution in [2.75, 3.05) is 24.3 Å². The number of nitrogens with one attached hydrogen (secondary N) is 1. The second-order valence-corrected chi connectivity index (χ2v) is 4.31. The topological polar surface area (TPSA) is 55.1 Å². The number of benzene rings is 1. The first kappa shape index (κ1) is 11.9. The van der Waals surface area contributed by atoms with Crippen molar-refractivity contribution in [3.63, 3.8) is 0 Å². The fourth-order valence-electron chi connectivity index (χ4n) is 1.30. The van der Waals surface area contributed by atoms with E-state index in [9.17, 15) is 4.79 Å². The van der Waals surface area contributed by atoms with Crippen LogP contribution in [-0.2, 0) is 0 Å². The van der Waals surface area contributed by atoms with E-state index in [2.05, 4.69) is 5.32 Å². The minimum Gasteiger partial charge on any atom is -0.399 e. The summed E-state index contributed by atoms with van der Waals surface area (Å²) in [5, 5.41) is 2.86. The van der Waals surface area contributed by atoms with Crippen molar-refractivity contribution in [1.29, 1.82) is 0 Å². The average Bonchev–Trinajstić information content (AvgIpc) is 2.17. The van der Waals surface area contributed by atoms with Crippen LogP contribution < -0.4 is 11.1 Å². The molecule has 15 heavy (non-hydrogen) atoms. The summed E-state index contributed by atoms with van der Waals surface area (Å²) < 4.78 is 0. The zero-order chi connectivity index (χ0) is 11.3. The number of nitrogens with two attached hydrogens (primary N) is 1. The number of aryl methyl sites for hydroxylation is 1. The Morgan fingerprint density at radius 3 is 2.87 bits per heavy atom. The monoisotopic (exact) mass is 224 g/mol. The van der Waals surface area contributed by atoms with Gasteiger partial charge in [-0.15, -0.1) is 0 Å². The number of carbonyl (C=O) groups is 1. The standard InChI is InChI=1S/C11H16N2OS/c1-8-7-9(12)3-4-10(8)11(14)13-5-6-15-2/h3-4,7H,5-6,12H2,1-2H3,(H,13,14). The first-order chi connectivity index (χ1) is 7.15. The first-order valence-electron chi connectivity index (χ1n) is 4.78. The summed E-state index contributed by atoms with van der Waals surface area (Å²) in [7, 11) is 0. The van der Waals surface area contributed by atoms with Gasteiger partial charge in [-0.1, -0.05) is 0 Å². The van der Waals surface area contributed by atoms with Crippen molar-refractivity contribution in [2.24, 2.45) is 0 Å². The number of thioether (sulfide) groups is 1. The number of amides is 1. The predicted molar refractivity (Wildman–Crippen MR) is 66.3 cm³/mol. The number of carbonyl (C=O) groups excluding carboxylic acids is 1. The molecule has 0 spiro atoms. The fourth-order valence-corrected chi connectivity index (χ4v) is 1.61. The smallest absolute Gasteiger partial charge is 0.251 e. The lowest BCUT2D eigenvalue weighted by atomic mass is 10.1. The molecule has 0 aliphatic heterocycles. The lowest BCUT2D eigenvalue weighted by Gasteiger charge is -2.07. The Kier molecular flexibility index (Phi) is 4.49. The quantitative estimate of drug-likeness (QED) is 0.604. The summed E-state index contributed by atoms with van der Waals surface area (Å²) in [6.07, 6.45) is 2.01. The Hall–Kier alpha value is -1.16. The van der Waals surface area contributed by atoms with Gasteiger partial charge in [0.1, 0.15) is 0 Å². The maximum absolute atomic E-state index is 11.7. The highest BCUT2D eigenvalue weighted by Gasteiger charge is 2.07. The van der Waals surface area contributed by atoms with Crippen LogP contribution in [0.1, 0.15) is 15.9 Å². The second kappa shape index (κ2) is 5.66. The highest BCUT2D eigenvalue weighted by atomic mass is 32.2. The van der Waals surface area contributed by atoms with Gasteiger partial charge in [0.2, 0.25) is 0 Å². The highest BCUT2D eigenvalue weighted by molar-refractivity contribution is 7.98. The van der Waals surface area contributed by atoms with Crippen LogP contribution in [0.15, 0.2) is 18.2 Å². The molecule has 0 aliphatic rings. The Morgan fingerprint density at radius 1 is 1.53 bits per heavy atom. The highest BCUT2D eigenvalue weighted by Crippen LogP contribution is 2.12. The molecule has 0 radical (unpaired) electrons. The summed E-state index contributed by atoms with van der Waals surface area (Å²) in [6, 6.07) is 5.32. The van der Waals surface area contributed by atoms with E-state index in [1.807, 2.05) is 19.2 Å². The lowest BCUT2D eigenvalue weighted by Crippen LogP contribution is -2.26. The molecule has 0 fully saturated rings. The molecule has 0 aliphatic carbocycles. The summed E-state index contributed by atoms with van der Waals surface area (Å²) in [4.78, 5) is 11.7. The van der Waals surface area contributed by atoms with Crippen LogP contribution in [0.25, 0.3) is 0 Å². The van der Waals surface area contributed by atoms with E-state index >= 15 is 0 Å². The largest absolute Gasteiger partial charge is 0.399 e. The molecule has 1 aromatic rings. The van der Waals surface area contributed by atoms with Gasteiger partial charge in [0.05, 0.1) is 0 Å². The Balaban J connectivity index is 2.65. The summed E-state index contributed by atoms with van der Waals surface area (Å²) in [5.74, 6) is 0.904. The number of anilines is 1. The molecule has 1 aromatic carbocycles. The second-order valence-electron chi connectivity index (χ2n) is 3.32. The van der Waals surface area contributed by atoms with Gasteiger partial charge >= 0.3 is 0 Å². The molecule has 0 atom stereocenters. The van der Waals surface area contributed by atoms with Gasteiger partial charge < -0.3 is 11.1 Å². The van der Waals surface area contributed by atoms with E-state index in [0.717, 1.165) is 11.3 Å². The van der Waals surface area contributed by atoms with Gasteiger partial charge in [0.15, 0.2) is 0 Å². The summed E-state index contributed by atoms with van der Waals surface area (Å²) in [6.45, 7) is 2.59. The van der Waals surface area contributed by atoms with Crippen LogP contribution in [0.4, 0.5) is 5.69 Å². The number of nitrogen functional groups attached to an aromatic ring is 1. The average molecular weight is 224 g/mol. The minimum atomic E-state index is -0.0263. The third-order valence-electron chi connectivity index (χ3n) is 2.09. The molecule has 0 heterocycles. The molecule has 0 aromatic heterocycles. The normalized spacial score (nSPS) is 10.0. The van der Waals surface area contributed by atoms with E-state index in [4.69, 9.17) is 5.73 Å². The Bertz CT molecular complexity index is 352. The number of hydrogen-bond acceptors (Lipinski definition) is 3. The molecule has 3 N–H and O–H groups in total. The van der Waals surface area contributed by atoms with Crippen molar-refractivity contribution in [3.05, 3.63) is 29.3 Å². The van der Waals surface area contributed by atoms with Crippen molar-refractivity contribution in [1.82, 2.24) is 5.32 Å². The maximum Gasteiger partial charge on any atom is 0.251 e.